The fourth-order valence-corrected chi connectivity index (χ4v) is 19.9. The third-order valence-electron chi connectivity index (χ3n) is 24.2. The molecule has 0 fully saturated rings. The second-order valence-corrected chi connectivity index (χ2v) is 26.8. The summed E-state index contributed by atoms with van der Waals surface area (Å²) in [5.74, 6) is 0. The van der Waals surface area contributed by atoms with Gasteiger partial charge >= 0.3 is 0 Å². The minimum Gasteiger partial charge on any atom is -0.0836 e. The summed E-state index contributed by atoms with van der Waals surface area (Å²) < 4.78 is 0. The highest BCUT2D eigenvalue weighted by atomic mass is 14.5. The molecule has 0 heteroatoms. The molecule has 0 unspecified atom stereocenters. The summed E-state index contributed by atoms with van der Waals surface area (Å²) in [7, 11) is 0. The van der Waals surface area contributed by atoms with Crippen molar-refractivity contribution in [3.05, 3.63) is 256 Å². The predicted molar refractivity (Wildman–Crippen MR) is 377 cm³/mol. The van der Waals surface area contributed by atoms with E-state index >= 15 is 0 Å². The van der Waals surface area contributed by atoms with Crippen LogP contribution in [0.4, 0.5) is 0 Å². The van der Waals surface area contributed by atoms with E-state index in [9.17, 15) is 0 Å². The molecule has 0 N–H and O–H groups in total. The van der Waals surface area contributed by atoms with Crippen LogP contribution in [0.1, 0.15) is 164 Å². The van der Waals surface area contributed by atoms with Gasteiger partial charge in [-0.25, -0.2) is 0 Å². The van der Waals surface area contributed by atoms with E-state index in [0.717, 1.165) is 64.2 Å². The molecule has 0 saturated carbocycles. The second kappa shape index (κ2) is 19.5. The lowest BCUT2D eigenvalue weighted by Gasteiger charge is -2.33. The van der Waals surface area contributed by atoms with Crippen molar-refractivity contribution in [1.29, 1.82) is 0 Å². The summed E-state index contributed by atoms with van der Waals surface area (Å²) in [6, 6.07) is 78.0. The van der Waals surface area contributed by atoms with E-state index in [1.807, 2.05) is 0 Å². The maximum Gasteiger partial charge on any atom is 0.0210 e. The first-order valence-corrected chi connectivity index (χ1v) is 33.7. The zero-order chi connectivity index (χ0) is 59.6. The Labute approximate surface area is 521 Å². The lowest BCUT2D eigenvalue weighted by Crippen LogP contribution is -2.25. The van der Waals surface area contributed by atoms with Gasteiger partial charge in [-0.3, -0.25) is 0 Å². The first-order chi connectivity index (χ1) is 43.2. The molecule has 0 amide bonds. The average molecular weight is 1140 g/mol. The third-order valence-corrected chi connectivity index (χ3v) is 24.2. The Morgan fingerprint density at radius 2 is 0.568 bits per heavy atom. The van der Waals surface area contributed by atoms with Crippen LogP contribution in [0, 0.1) is 0 Å². The molecular weight excluding hydrogens is 1060 g/mol. The van der Waals surface area contributed by atoms with Gasteiger partial charge in [-0.15, -0.1) is 0 Å². The average Bonchev–Trinajstić information content (AvgIpc) is 1.16. The zero-order valence-corrected chi connectivity index (χ0v) is 52.7. The molecule has 12 aromatic rings. The number of fused-ring (bicyclic) bond motifs is 13. The fourth-order valence-electron chi connectivity index (χ4n) is 19.9. The Bertz CT molecular complexity index is 5000. The van der Waals surface area contributed by atoms with Crippen LogP contribution < -0.4 is 0 Å². The molecule has 0 aliphatic heterocycles. The summed E-state index contributed by atoms with van der Waals surface area (Å²) in [6.07, 6.45) is 15.7. The van der Waals surface area contributed by atoms with E-state index < -0.39 is 0 Å². The van der Waals surface area contributed by atoms with Crippen LogP contribution in [0.25, 0.3) is 127 Å². The first kappa shape index (κ1) is 53.6. The van der Waals surface area contributed by atoms with Crippen molar-refractivity contribution in [2.24, 2.45) is 0 Å². The molecule has 0 radical (unpaired) electrons. The van der Waals surface area contributed by atoms with Crippen LogP contribution in [0.2, 0.25) is 0 Å². The van der Waals surface area contributed by atoms with E-state index in [2.05, 4.69) is 262 Å². The highest BCUT2D eigenvalue weighted by Crippen LogP contribution is 2.62. The largest absolute Gasteiger partial charge is 0.0836 e. The lowest BCUT2D eigenvalue weighted by molar-refractivity contribution is 0.462. The van der Waals surface area contributed by atoms with Crippen molar-refractivity contribution >= 4 is 48.7 Å². The quantitative estimate of drug-likeness (QED) is 0.0845. The molecule has 0 bridgehead atoms. The summed E-state index contributed by atoms with van der Waals surface area (Å²) in [5, 5.41) is 10.6. The van der Waals surface area contributed by atoms with Crippen molar-refractivity contribution in [1.82, 2.24) is 0 Å². The van der Waals surface area contributed by atoms with Gasteiger partial charge in [0, 0.05) is 21.7 Å². The second-order valence-electron chi connectivity index (χ2n) is 26.8. The van der Waals surface area contributed by atoms with Crippen molar-refractivity contribution in [3.63, 3.8) is 0 Å². The number of rotatable bonds is 12. The molecule has 430 valence electrons. The lowest BCUT2D eigenvalue weighted by atomic mass is 9.71. The molecular formula is C88H78. The highest BCUT2D eigenvalue weighted by molar-refractivity contribution is 6.35. The first-order valence-electron chi connectivity index (χ1n) is 33.7. The predicted octanol–water partition coefficient (Wildman–Crippen LogP) is 24.8. The molecule has 0 nitrogen and oxygen atoms in total. The summed E-state index contributed by atoms with van der Waals surface area (Å²) in [4.78, 5) is 0. The van der Waals surface area contributed by atoms with Crippen LogP contribution in [0.3, 0.4) is 0 Å². The monoisotopic (exact) mass is 1130 g/mol. The number of hydrogen-bond donors (Lipinski definition) is 0. The minimum atomic E-state index is -0.0404. The van der Waals surface area contributed by atoms with Crippen molar-refractivity contribution in [3.8, 4) is 77.9 Å². The van der Waals surface area contributed by atoms with Gasteiger partial charge in [-0.2, -0.15) is 0 Å². The molecule has 0 atom stereocenters. The van der Waals surface area contributed by atoms with Gasteiger partial charge in [-0.1, -0.05) is 219 Å². The maximum atomic E-state index is 2.63. The van der Waals surface area contributed by atoms with Crippen LogP contribution in [-0.2, 0) is 21.7 Å². The summed E-state index contributed by atoms with van der Waals surface area (Å²) >= 11 is 0. The van der Waals surface area contributed by atoms with Gasteiger partial charge < -0.3 is 0 Å². The van der Waals surface area contributed by atoms with E-state index in [0.29, 0.717) is 0 Å². The Morgan fingerprint density at radius 1 is 0.284 bits per heavy atom. The van der Waals surface area contributed by atoms with Gasteiger partial charge in [0.05, 0.1) is 0 Å². The molecule has 5 aliphatic rings. The maximum absolute atomic E-state index is 2.63. The Hall–Kier alpha value is -8.58. The molecule has 12 aromatic carbocycles. The number of allylic oxidation sites excluding steroid dienone is 4. The van der Waals surface area contributed by atoms with E-state index in [-0.39, 0.29) is 21.7 Å². The van der Waals surface area contributed by atoms with Crippen LogP contribution in [0.5, 0.6) is 0 Å². The molecule has 0 aromatic heterocycles. The van der Waals surface area contributed by atoms with Gasteiger partial charge in [0.2, 0.25) is 0 Å². The topological polar surface area (TPSA) is 0 Å². The van der Waals surface area contributed by atoms with Gasteiger partial charge in [-0.05, 0) is 284 Å². The van der Waals surface area contributed by atoms with Crippen LogP contribution >= 0.6 is 0 Å². The Kier molecular flexibility index (Phi) is 11.9. The summed E-state index contributed by atoms with van der Waals surface area (Å²) in [6.45, 7) is 19.3. The smallest absolute Gasteiger partial charge is 0.0210 e. The van der Waals surface area contributed by atoms with Crippen molar-refractivity contribution in [2.45, 2.75) is 141 Å². The number of benzene rings is 12. The summed E-state index contributed by atoms with van der Waals surface area (Å²) in [5.41, 5.74) is 33.7. The zero-order valence-electron chi connectivity index (χ0n) is 52.7. The molecule has 88 heavy (non-hydrogen) atoms. The standard InChI is InChI=1S/C88H78/c1-9-85(10-2)71-37-21-17-29-63(71)81-59(33-25-41-75(81)85)53-45-57-46-54(60-34-26-42-76-82(60)64-30-18-22-38-72(64)86(76,11-3)12-4)51-69-70-52-56(62-36-28-44-78-84(62)66-32-20-24-40-74(66)88(78,15-7)16-8)48-58-47-55(50-68(80(58)70)67(49-53)79(57)69)61-35-27-43-77-83(61)65-31-19-23-39-73(65)87(77,13-5)14-6/h17-23,25-39,41-52H,9-16,24,40H2,1-8H3. The Balaban J connectivity index is 1.03. The van der Waals surface area contributed by atoms with E-state index in [1.54, 1.807) is 5.57 Å². The van der Waals surface area contributed by atoms with Crippen LogP contribution in [0.15, 0.2) is 212 Å². The molecule has 5 aliphatic carbocycles. The van der Waals surface area contributed by atoms with Gasteiger partial charge in [0.25, 0.3) is 0 Å². The highest BCUT2D eigenvalue weighted by Gasteiger charge is 2.46. The molecule has 17 rings (SSSR count). The third kappa shape index (κ3) is 6.72. The normalized spacial score (nSPS) is 16.5. The van der Waals surface area contributed by atoms with E-state index in [4.69, 9.17) is 0 Å². The molecule has 0 spiro atoms. The van der Waals surface area contributed by atoms with Crippen LogP contribution in [-0.4, -0.2) is 0 Å². The fraction of sp³-hybridized carbons (Fsp3) is 0.250. The minimum absolute atomic E-state index is 0.0389. The number of hydrogen-bond acceptors (Lipinski definition) is 0. The van der Waals surface area contributed by atoms with Crippen molar-refractivity contribution in [2.75, 3.05) is 0 Å². The van der Waals surface area contributed by atoms with Crippen molar-refractivity contribution < 1.29 is 0 Å². The van der Waals surface area contributed by atoms with Gasteiger partial charge in [0.15, 0.2) is 0 Å². The SMILES string of the molecule is CCC1(CC)C2=C(C=CCC2)c2c(-c3cc4cc(-c5cccc6c5-c5ccccc5C6(CC)CC)cc5c6cc(-c7cccc8c7-c7ccccc7C8(CC)CC)cc7cc(-c8cccc9c8-c8ccccc8C9(CC)CC)cc(c(c3)c45)c76)cccc21. The molecule has 0 heterocycles. The Morgan fingerprint density at radius 3 is 0.898 bits per heavy atom. The molecule has 0 saturated heterocycles. The van der Waals surface area contributed by atoms with Gasteiger partial charge in [0.1, 0.15) is 0 Å². The van der Waals surface area contributed by atoms with E-state index in [1.165, 1.54) is 171 Å².